The number of hydrogen-bond donors (Lipinski definition) is 1. The van der Waals surface area contributed by atoms with E-state index in [4.69, 9.17) is 9.47 Å². The second-order valence-electron chi connectivity index (χ2n) is 6.22. The molecule has 22 heavy (non-hydrogen) atoms. The lowest BCUT2D eigenvalue weighted by Gasteiger charge is -2.29. The standard InChI is InChI=1S/C18H21NO2.ClH/c1-20-16-6-2-12-3-7-17(9-13(12)8-16)21-18-10-14-4-5-15(11-18)19-14;/h2-3,6-9,14-15,18-19H,4-5,10-11H2,1H3;1H. The van der Waals surface area contributed by atoms with Crippen molar-refractivity contribution in [2.75, 3.05) is 7.11 Å². The Bertz CT molecular complexity index is 649. The van der Waals surface area contributed by atoms with Crippen molar-refractivity contribution in [1.82, 2.24) is 5.32 Å². The first kappa shape index (κ1) is 15.4. The van der Waals surface area contributed by atoms with Crippen LogP contribution in [0.1, 0.15) is 25.7 Å². The molecule has 2 aliphatic rings. The SMILES string of the molecule is COc1ccc2ccc(OC3CC4CCC(C3)N4)cc2c1.Cl. The van der Waals surface area contributed by atoms with Crippen LogP contribution in [0, 0.1) is 0 Å². The van der Waals surface area contributed by atoms with Crippen LogP contribution in [0.3, 0.4) is 0 Å². The van der Waals surface area contributed by atoms with Crippen molar-refractivity contribution in [1.29, 1.82) is 0 Å². The maximum absolute atomic E-state index is 6.24. The summed E-state index contributed by atoms with van der Waals surface area (Å²) in [5.74, 6) is 1.86. The van der Waals surface area contributed by atoms with Crippen molar-refractivity contribution in [3.63, 3.8) is 0 Å². The molecule has 2 bridgehead atoms. The molecule has 2 saturated heterocycles. The zero-order valence-electron chi connectivity index (χ0n) is 12.7. The Kier molecular flexibility index (Phi) is 4.46. The normalized spacial score (nSPS) is 26.5. The molecule has 0 spiro atoms. The summed E-state index contributed by atoms with van der Waals surface area (Å²) in [5.41, 5.74) is 0. The first-order valence-corrected chi connectivity index (χ1v) is 7.81. The van der Waals surface area contributed by atoms with Gasteiger partial charge in [0.25, 0.3) is 0 Å². The highest BCUT2D eigenvalue weighted by atomic mass is 35.5. The van der Waals surface area contributed by atoms with Crippen molar-refractivity contribution in [2.24, 2.45) is 0 Å². The minimum Gasteiger partial charge on any atom is -0.497 e. The van der Waals surface area contributed by atoms with Crippen LogP contribution in [0.2, 0.25) is 0 Å². The number of benzene rings is 2. The molecule has 4 rings (SSSR count). The van der Waals surface area contributed by atoms with E-state index in [0.29, 0.717) is 18.2 Å². The van der Waals surface area contributed by atoms with Crippen LogP contribution in [0.4, 0.5) is 0 Å². The number of piperidine rings is 1. The number of hydrogen-bond acceptors (Lipinski definition) is 3. The summed E-state index contributed by atoms with van der Waals surface area (Å²) in [5, 5.41) is 6.04. The highest BCUT2D eigenvalue weighted by molar-refractivity contribution is 5.85. The Hall–Kier alpha value is -1.45. The van der Waals surface area contributed by atoms with E-state index in [-0.39, 0.29) is 12.4 Å². The van der Waals surface area contributed by atoms with Gasteiger partial charge in [-0.2, -0.15) is 0 Å². The van der Waals surface area contributed by atoms with Crippen LogP contribution < -0.4 is 14.8 Å². The van der Waals surface area contributed by atoms with Crippen molar-refractivity contribution in [2.45, 2.75) is 43.9 Å². The number of nitrogens with one attached hydrogen (secondary N) is 1. The third-order valence-corrected chi connectivity index (χ3v) is 4.75. The number of ether oxygens (including phenoxy) is 2. The molecule has 2 aromatic carbocycles. The van der Waals surface area contributed by atoms with Gasteiger partial charge >= 0.3 is 0 Å². The summed E-state index contributed by atoms with van der Waals surface area (Å²) in [6.07, 6.45) is 5.23. The Labute approximate surface area is 137 Å². The Morgan fingerprint density at radius 2 is 1.55 bits per heavy atom. The minimum atomic E-state index is 0. The largest absolute Gasteiger partial charge is 0.497 e. The molecule has 0 saturated carbocycles. The molecule has 0 aliphatic carbocycles. The van der Waals surface area contributed by atoms with E-state index in [2.05, 4.69) is 35.6 Å². The van der Waals surface area contributed by atoms with Crippen LogP contribution in [0.25, 0.3) is 10.8 Å². The van der Waals surface area contributed by atoms with Crippen LogP contribution in [0.15, 0.2) is 36.4 Å². The van der Waals surface area contributed by atoms with Gasteiger partial charge in [-0.1, -0.05) is 12.1 Å². The predicted octanol–water partition coefficient (Wildman–Crippen LogP) is 3.93. The molecular weight excluding hydrogens is 298 g/mol. The van der Waals surface area contributed by atoms with Crippen LogP contribution >= 0.6 is 12.4 Å². The Morgan fingerprint density at radius 3 is 2.23 bits per heavy atom. The number of fused-ring (bicyclic) bond motifs is 3. The van der Waals surface area contributed by atoms with Crippen LogP contribution in [-0.4, -0.2) is 25.3 Å². The van der Waals surface area contributed by atoms with Gasteiger partial charge in [0.15, 0.2) is 0 Å². The maximum Gasteiger partial charge on any atom is 0.120 e. The highest BCUT2D eigenvalue weighted by Crippen LogP contribution is 2.31. The highest BCUT2D eigenvalue weighted by Gasteiger charge is 2.34. The molecule has 1 N–H and O–H groups in total. The third-order valence-electron chi connectivity index (χ3n) is 4.75. The van der Waals surface area contributed by atoms with Gasteiger partial charge in [-0.3, -0.25) is 0 Å². The second kappa shape index (κ2) is 6.35. The maximum atomic E-state index is 6.24. The summed E-state index contributed by atoms with van der Waals surface area (Å²) < 4.78 is 11.5. The topological polar surface area (TPSA) is 30.5 Å². The molecule has 0 amide bonds. The molecule has 2 unspecified atom stereocenters. The van der Waals surface area contributed by atoms with E-state index in [9.17, 15) is 0 Å². The van der Waals surface area contributed by atoms with Crippen LogP contribution in [0.5, 0.6) is 11.5 Å². The zero-order chi connectivity index (χ0) is 14.2. The molecule has 2 aromatic rings. The molecule has 3 nitrogen and oxygen atoms in total. The lowest BCUT2D eigenvalue weighted by Crippen LogP contribution is -2.42. The van der Waals surface area contributed by atoms with Gasteiger partial charge in [0.1, 0.15) is 17.6 Å². The number of halogens is 1. The second-order valence-corrected chi connectivity index (χ2v) is 6.22. The summed E-state index contributed by atoms with van der Waals surface area (Å²) in [6, 6.07) is 13.8. The van der Waals surface area contributed by atoms with Crippen molar-refractivity contribution < 1.29 is 9.47 Å². The van der Waals surface area contributed by atoms with Crippen molar-refractivity contribution in [3.05, 3.63) is 36.4 Å². The van der Waals surface area contributed by atoms with E-state index < -0.39 is 0 Å². The first-order chi connectivity index (χ1) is 10.3. The zero-order valence-corrected chi connectivity index (χ0v) is 13.6. The minimum absolute atomic E-state index is 0. The number of methoxy groups -OCH3 is 1. The molecule has 2 fully saturated rings. The van der Waals surface area contributed by atoms with Gasteiger partial charge < -0.3 is 14.8 Å². The average molecular weight is 320 g/mol. The lowest BCUT2D eigenvalue weighted by molar-refractivity contribution is 0.137. The van der Waals surface area contributed by atoms with Gasteiger partial charge in [0, 0.05) is 12.1 Å². The molecule has 0 radical (unpaired) electrons. The van der Waals surface area contributed by atoms with Gasteiger partial charge in [0.05, 0.1) is 7.11 Å². The molecule has 0 aromatic heterocycles. The fraction of sp³-hybridized carbons (Fsp3) is 0.444. The Morgan fingerprint density at radius 1 is 0.909 bits per heavy atom. The molecular formula is C18H22ClNO2. The lowest BCUT2D eigenvalue weighted by atomic mass is 10.0. The molecule has 2 heterocycles. The van der Waals surface area contributed by atoms with E-state index >= 15 is 0 Å². The summed E-state index contributed by atoms with van der Waals surface area (Å²) in [7, 11) is 1.70. The smallest absolute Gasteiger partial charge is 0.120 e. The van der Waals surface area contributed by atoms with E-state index in [1.807, 2.05) is 6.07 Å². The van der Waals surface area contributed by atoms with E-state index in [1.54, 1.807) is 7.11 Å². The summed E-state index contributed by atoms with van der Waals surface area (Å²) in [4.78, 5) is 0. The van der Waals surface area contributed by atoms with Gasteiger partial charge in [-0.05, 0) is 60.7 Å². The number of rotatable bonds is 3. The summed E-state index contributed by atoms with van der Waals surface area (Å²) in [6.45, 7) is 0. The predicted molar refractivity (Wildman–Crippen MR) is 91.3 cm³/mol. The monoisotopic (exact) mass is 319 g/mol. The fourth-order valence-electron chi connectivity index (χ4n) is 3.70. The molecule has 2 atom stereocenters. The molecule has 4 heteroatoms. The van der Waals surface area contributed by atoms with Gasteiger partial charge in [0.2, 0.25) is 0 Å². The third kappa shape index (κ3) is 3.01. The van der Waals surface area contributed by atoms with Crippen molar-refractivity contribution >= 4 is 23.2 Å². The quantitative estimate of drug-likeness (QED) is 0.929. The van der Waals surface area contributed by atoms with E-state index in [1.165, 1.54) is 23.6 Å². The molecule has 2 aliphatic heterocycles. The van der Waals surface area contributed by atoms with E-state index in [0.717, 1.165) is 24.3 Å². The Balaban J connectivity index is 0.00000144. The van der Waals surface area contributed by atoms with Crippen LogP contribution in [-0.2, 0) is 0 Å². The van der Waals surface area contributed by atoms with Gasteiger partial charge in [-0.25, -0.2) is 0 Å². The van der Waals surface area contributed by atoms with Gasteiger partial charge in [-0.15, -0.1) is 12.4 Å². The average Bonchev–Trinajstić information content (AvgIpc) is 2.85. The van der Waals surface area contributed by atoms with Crippen molar-refractivity contribution in [3.8, 4) is 11.5 Å². The fourth-order valence-corrected chi connectivity index (χ4v) is 3.70. The first-order valence-electron chi connectivity index (χ1n) is 7.81. The molecule has 118 valence electrons. The summed E-state index contributed by atoms with van der Waals surface area (Å²) >= 11 is 0.